The number of carbonyl (C=O) groups excluding carboxylic acids is 1. The Bertz CT molecular complexity index is 923. The summed E-state index contributed by atoms with van der Waals surface area (Å²) in [6, 6.07) is 15.5. The maximum atomic E-state index is 13.1. The number of para-hydroxylation sites is 1. The van der Waals surface area contributed by atoms with Crippen molar-refractivity contribution >= 4 is 21.6 Å². The number of rotatable bonds is 5. The zero-order valence-electron chi connectivity index (χ0n) is 16.1. The van der Waals surface area contributed by atoms with Gasteiger partial charge in [-0.2, -0.15) is 0 Å². The van der Waals surface area contributed by atoms with Crippen molar-refractivity contribution in [1.82, 2.24) is 4.90 Å². The number of aryl methyl sites for hydroxylation is 2. The fourth-order valence-electron chi connectivity index (χ4n) is 3.64. The molecule has 0 bridgehead atoms. The molecule has 1 heterocycles. The summed E-state index contributed by atoms with van der Waals surface area (Å²) < 4.78 is 26.0. The predicted octanol–water partition coefficient (Wildman–Crippen LogP) is 3.43. The molecule has 1 amide bonds. The quantitative estimate of drug-likeness (QED) is 0.791. The van der Waals surface area contributed by atoms with Crippen molar-refractivity contribution in [2.75, 3.05) is 23.7 Å². The smallest absolute Gasteiger partial charge is 0.243 e. The number of amides is 1. The minimum atomic E-state index is -3.57. The molecule has 1 fully saturated rings. The van der Waals surface area contributed by atoms with E-state index in [1.165, 1.54) is 9.87 Å². The van der Waals surface area contributed by atoms with Crippen LogP contribution >= 0.6 is 0 Å². The summed E-state index contributed by atoms with van der Waals surface area (Å²) in [7, 11) is -3.57. The number of hydrogen-bond donors (Lipinski definition) is 0. The van der Waals surface area contributed by atoms with Crippen molar-refractivity contribution in [2.24, 2.45) is 0 Å². The van der Waals surface area contributed by atoms with Gasteiger partial charge in [-0.15, -0.1) is 0 Å². The molecule has 3 rings (SSSR count). The first-order chi connectivity index (χ1) is 12.8. The molecule has 144 valence electrons. The lowest BCUT2D eigenvalue weighted by Gasteiger charge is -2.29. The molecule has 5 nitrogen and oxygen atoms in total. The molecule has 0 radical (unpaired) electrons. The van der Waals surface area contributed by atoms with Gasteiger partial charge in [0, 0.05) is 6.54 Å². The monoisotopic (exact) mass is 386 g/mol. The second kappa shape index (κ2) is 7.72. The second-order valence-electron chi connectivity index (χ2n) is 7.21. The summed E-state index contributed by atoms with van der Waals surface area (Å²) in [5, 5.41) is 0. The van der Waals surface area contributed by atoms with Crippen molar-refractivity contribution in [3.8, 4) is 0 Å². The van der Waals surface area contributed by atoms with Gasteiger partial charge < -0.3 is 4.90 Å². The van der Waals surface area contributed by atoms with Crippen LogP contribution in [0.3, 0.4) is 0 Å². The van der Waals surface area contributed by atoms with Crippen molar-refractivity contribution in [3.05, 3.63) is 65.2 Å². The molecule has 1 aliphatic heterocycles. The van der Waals surface area contributed by atoms with Crippen LogP contribution in [-0.4, -0.2) is 38.6 Å². The normalized spacial score (nSPS) is 17.1. The maximum absolute atomic E-state index is 13.1. The molecule has 0 N–H and O–H groups in total. The van der Waals surface area contributed by atoms with Crippen molar-refractivity contribution in [2.45, 2.75) is 32.7 Å². The Labute approximate surface area is 161 Å². The highest BCUT2D eigenvalue weighted by Gasteiger charge is 2.32. The Hall–Kier alpha value is -2.34. The van der Waals surface area contributed by atoms with Gasteiger partial charge in [0.2, 0.25) is 15.9 Å². The van der Waals surface area contributed by atoms with E-state index in [1.54, 1.807) is 12.1 Å². The minimum Gasteiger partial charge on any atom is -0.334 e. The van der Waals surface area contributed by atoms with Gasteiger partial charge in [-0.1, -0.05) is 48.0 Å². The molecule has 6 heteroatoms. The average molecular weight is 387 g/mol. The van der Waals surface area contributed by atoms with Crippen LogP contribution in [0, 0.1) is 13.8 Å². The molecule has 1 unspecified atom stereocenters. The van der Waals surface area contributed by atoms with E-state index < -0.39 is 10.0 Å². The van der Waals surface area contributed by atoms with Crippen LogP contribution in [-0.2, 0) is 14.8 Å². The van der Waals surface area contributed by atoms with Gasteiger partial charge in [0.05, 0.1) is 18.0 Å². The van der Waals surface area contributed by atoms with Crippen molar-refractivity contribution in [1.29, 1.82) is 0 Å². The van der Waals surface area contributed by atoms with E-state index in [9.17, 15) is 13.2 Å². The molecule has 2 aromatic rings. The van der Waals surface area contributed by atoms with E-state index in [-0.39, 0.29) is 18.5 Å². The van der Waals surface area contributed by atoms with Gasteiger partial charge in [-0.05, 0) is 43.9 Å². The van der Waals surface area contributed by atoms with E-state index in [0.29, 0.717) is 12.2 Å². The summed E-state index contributed by atoms with van der Waals surface area (Å²) in [5.41, 5.74) is 3.66. The van der Waals surface area contributed by atoms with Crippen LogP contribution in [0.25, 0.3) is 0 Å². The zero-order valence-corrected chi connectivity index (χ0v) is 16.9. The highest BCUT2D eigenvalue weighted by atomic mass is 32.2. The van der Waals surface area contributed by atoms with Crippen molar-refractivity contribution < 1.29 is 13.2 Å². The number of nitrogens with zero attached hydrogens (tertiary/aromatic N) is 2. The van der Waals surface area contributed by atoms with E-state index >= 15 is 0 Å². The van der Waals surface area contributed by atoms with Gasteiger partial charge in [0.15, 0.2) is 0 Å². The predicted molar refractivity (Wildman–Crippen MR) is 108 cm³/mol. The Balaban J connectivity index is 1.85. The molecule has 2 aromatic carbocycles. The van der Waals surface area contributed by atoms with Crippen LogP contribution in [0.15, 0.2) is 48.5 Å². The molecular weight excluding hydrogens is 360 g/mol. The third kappa shape index (κ3) is 4.33. The highest BCUT2D eigenvalue weighted by molar-refractivity contribution is 7.92. The Morgan fingerprint density at radius 1 is 1.11 bits per heavy atom. The molecule has 0 aliphatic carbocycles. The Kier molecular flexibility index (Phi) is 5.56. The maximum Gasteiger partial charge on any atom is 0.243 e. The van der Waals surface area contributed by atoms with Gasteiger partial charge in [0.1, 0.15) is 6.54 Å². The highest BCUT2D eigenvalue weighted by Crippen LogP contribution is 2.32. The summed E-state index contributed by atoms with van der Waals surface area (Å²) >= 11 is 0. The van der Waals surface area contributed by atoms with Gasteiger partial charge >= 0.3 is 0 Å². The van der Waals surface area contributed by atoms with E-state index in [1.807, 2.05) is 43.0 Å². The fourth-order valence-corrected chi connectivity index (χ4v) is 4.55. The molecule has 0 aromatic heterocycles. The van der Waals surface area contributed by atoms with E-state index in [2.05, 4.69) is 12.1 Å². The lowest BCUT2D eigenvalue weighted by molar-refractivity contribution is -0.130. The molecule has 1 atom stereocenters. The van der Waals surface area contributed by atoms with Gasteiger partial charge in [-0.25, -0.2) is 8.42 Å². The first kappa shape index (κ1) is 19.4. The van der Waals surface area contributed by atoms with Crippen LogP contribution in [0.4, 0.5) is 5.69 Å². The number of benzene rings is 2. The summed E-state index contributed by atoms with van der Waals surface area (Å²) in [4.78, 5) is 14.9. The molecule has 0 spiro atoms. The van der Waals surface area contributed by atoms with Crippen LogP contribution in [0.5, 0.6) is 0 Å². The number of likely N-dealkylation sites (tertiary alicyclic amines) is 1. The second-order valence-corrected chi connectivity index (χ2v) is 9.12. The molecule has 27 heavy (non-hydrogen) atoms. The first-order valence-corrected chi connectivity index (χ1v) is 11.0. The summed E-state index contributed by atoms with van der Waals surface area (Å²) in [6.07, 6.45) is 2.97. The number of anilines is 1. The minimum absolute atomic E-state index is 0.0105. The van der Waals surface area contributed by atoms with E-state index in [0.717, 1.165) is 30.2 Å². The van der Waals surface area contributed by atoms with Gasteiger partial charge in [0.25, 0.3) is 0 Å². The van der Waals surface area contributed by atoms with Crippen molar-refractivity contribution in [3.63, 3.8) is 0 Å². The molecule has 1 saturated heterocycles. The van der Waals surface area contributed by atoms with Crippen LogP contribution < -0.4 is 4.31 Å². The third-order valence-electron chi connectivity index (χ3n) is 5.10. The largest absolute Gasteiger partial charge is 0.334 e. The lowest BCUT2D eigenvalue weighted by Crippen LogP contribution is -2.42. The third-order valence-corrected chi connectivity index (χ3v) is 6.23. The summed E-state index contributed by atoms with van der Waals surface area (Å²) in [5.74, 6) is -0.160. The Morgan fingerprint density at radius 2 is 1.78 bits per heavy atom. The molecule has 1 aliphatic rings. The van der Waals surface area contributed by atoms with Crippen LogP contribution in [0.2, 0.25) is 0 Å². The zero-order chi connectivity index (χ0) is 19.6. The summed E-state index contributed by atoms with van der Waals surface area (Å²) in [6.45, 7) is 4.37. The lowest BCUT2D eigenvalue weighted by atomic mass is 10.0. The standard InChI is InChI=1S/C21H26N2O3S/c1-16-10-12-18(13-11-16)20-9-6-14-22(20)21(24)15-23(27(3,25)26)19-8-5-4-7-17(19)2/h4-5,7-8,10-13,20H,6,9,14-15H2,1-3H3. The van der Waals surface area contributed by atoms with Gasteiger partial charge in [-0.3, -0.25) is 9.10 Å². The fraction of sp³-hybridized carbons (Fsp3) is 0.381. The number of hydrogen-bond acceptors (Lipinski definition) is 3. The van der Waals surface area contributed by atoms with Crippen LogP contribution in [0.1, 0.15) is 35.6 Å². The Morgan fingerprint density at radius 3 is 2.41 bits per heavy atom. The molecule has 0 saturated carbocycles. The molecular formula is C21H26N2O3S. The first-order valence-electron chi connectivity index (χ1n) is 9.17. The average Bonchev–Trinajstić information content (AvgIpc) is 3.10. The van der Waals surface area contributed by atoms with E-state index in [4.69, 9.17) is 0 Å². The SMILES string of the molecule is Cc1ccc(C2CCCN2C(=O)CN(c2ccccc2C)S(C)(=O)=O)cc1. The topological polar surface area (TPSA) is 57.7 Å². The number of carbonyl (C=O) groups is 1. The number of sulfonamides is 1.